The molecule has 2 heterocycles. The fourth-order valence-corrected chi connectivity index (χ4v) is 5.64. The molecule has 2 atom stereocenters. The van der Waals surface area contributed by atoms with Crippen LogP contribution in [0, 0.1) is 0 Å². The van der Waals surface area contributed by atoms with Crippen LogP contribution in [0.5, 0.6) is 5.75 Å². The van der Waals surface area contributed by atoms with Gasteiger partial charge in [0.15, 0.2) is 0 Å². The molecule has 2 aliphatic rings. The maximum absolute atomic E-state index is 6.43. The SMILES string of the molecule is CNC1CCN([C@@H]2c3ccccc3OC[C@H]2OCc2cc(Br)cc(Br)c2)CC1.Cl.Cl. The van der Waals surface area contributed by atoms with E-state index >= 15 is 0 Å². The minimum Gasteiger partial charge on any atom is -0.490 e. The van der Waals surface area contributed by atoms with Crippen molar-refractivity contribution >= 4 is 56.7 Å². The summed E-state index contributed by atoms with van der Waals surface area (Å²) >= 11 is 7.13. The van der Waals surface area contributed by atoms with Crippen LogP contribution in [0.4, 0.5) is 0 Å². The van der Waals surface area contributed by atoms with Gasteiger partial charge in [-0.3, -0.25) is 4.90 Å². The zero-order valence-electron chi connectivity index (χ0n) is 16.9. The van der Waals surface area contributed by atoms with E-state index in [-0.39, 0.29) is 37.0 Å². The average molecular weight is 583 g/mol. The van der Waals surface area contributed by atoms with Crippen molar-refractivity contribution in [1.82, 2.24) is 10.2 Å². The summed E-state index contributed by atoms with van der Waals surface area (Å²) < 4.78 is 14.6. The molecular formula is C22H28Br2Cl2N2O2. The van der Waals surface area contributed by atoms with Crippen molar-refractivity contribution in [3.63, 3.8) is 0 Å². The van der Waals surface area contributed by atoms with Crippen molar-refractivity contribution in [2.45, 2.75) is 37.6 Å². The van der Waals surface area contributed by atoms with Gasteiger partial charge >= 0.3 is 0 Å². The first-order valence-corrected chi connectivity index (χ1v) is 11.4. The number of piperidine rings is 1. The van der Waals surface area contributed by atoms with Gasteiger partial charge in [-0.25, -0.2) is 0 Å². The highest BCUT2D eigenvalue weighted by Crippen LogP contribution is 2.39. The topological polar surface area (TPSA) is 33.7 Å². The second-order valence-corrected chi connectivity index (χ2v) is 9.35. The normalized spacial score (nSPS) is 21.7. The molecule has 0 unspecified atom stereocenters. The lowest BCUT2D eigenvalue weighted by Crippen LogP contribution is -2.49. The number of likely N-dealkylation sites (tertiary alicyclic amines) is 1. The molecule has 1 fully saturated rings. The number of halogens is 4. The number of para-hydroxylation sites is 1. The summed E-state index contributed by atoms with van der Waals surface area (Å²) in [6, 6.07) is 15.5. The summed E-state index contributed by atoms with van der Waals surface area (Å²) in [4.78, 5) is 2.58. The second kappa shape index (κ2) is 12.0. The smallest absolute Gasteiger partial charge is 0.124 e. The van der Waals surface area contributed by atoms with E-state index in [1.54, 1.807) is 0 Å². The van der Waals surface area contributed by atoms with E-state index in [1.807, 2.05) is 12.1 Å². The van der Waals surface area contributed by atoms with Crippen LogP contribution in [0.3, 0.4) is 0 Å². The van der Waals surface area contributed by atoms with Crippen LogP contribution in [-0.2, 0) is 11.3 Å². The van der Waals surface area contributed by atoms with Gasteiger partial charge in [0, 0.05) is 33.6 Å². The van der Waals surface area contributed by atoms with Crippen molar-refractivity contribution in [1.29, 1.82) is 0 Å². The van der Waals surface area contributed by atoms with Gasteiger partial charge in [0.2, 0.25) is 0 Å². The third-order valence-corrected chi connectivity index (χ3v) is 6.63. The van der Waals surface area contributed by atoms with Crippen LogP contribution in [-0.4, -0.2) is 43.8 Å². The van der Waals surface area contributed by atoms with Crippen molar-refractivity contribution in [3.05, 3.63) is 62.5 Å². The van der Waals surface area contributed by atoms with Crippen molar-refractivity contribution in [2.24, 2.45) is 0 Å². The quantitative estimate of drug-likeness (QED) is 0.486. The Morgan fingerprint density at radius 1 is 1.07 bits per heavy atom. The van der Waals surface area contributed by atoms with E-state index in [0.717, 1.165) is 33.3 Å². The Hall–Kier alpha value is -0.340. The summed E-state index contributed by atoms with van der Waals surface area (Å²) in [5, 5.41) is 3.42. The fraction of sp³-hybridized carbons (Fsp3) is 0.455. The summed E-state index contributed by atoms with van der Waals surface area (Å²) in [6.07, 6.45) is 2.35. The van der Waals surface area contributed by atoms with Gasteiger partial charge in [-0.2, -0.15) is 0 Å². The van der Waals surface area contributed by atoms with Gasteiger partial charge < -0.3 is 14.8 Å². The van der Waals surface area contributed by atoms with Crippen molar-refractivity contribution in [3.8, 4) is 5.75 Å². The number of nitrogens with zero attached hydrogens (tertiary/aromatic N) is 1. The molecule has 0 spiro atoms. The highest BCUT2D eigenvalue weighted by atomic mass is 79.9. The van der Waals surface area contributed by atoms with E-state index in [4.69, 9.17) is 9.47 Å². The predicted octanol–water partition coefficient (Wildman–Crippen LogP) is 5.76. The standard InChI is InChI=1S/C22H26Br2N2O2.2ClH/c1-25-18-6-8-26(9-7-18)22-19-4-2-3-5-20(19)28-14-21(22)27-13-15-10-16(23)12-17(24)11-15;;/h2-5,10-12,18,21-22,25H,6-9,13-14H2,1H3;2*1H/t21-,22-;;/m1../s1. The molecule has 2 aromatic carbocycles. The van der Waals surface area contributed by atoms with Crippen LogP contribution >= 0.6 is 56.7 Å². The Balaban J connectivity index is 0.00000160. The zero-order valence-corrected chi connectivity index (χ0v) is 21.7. The number of fused-ring (bicyclic) bond motifs is 1. The zero-order chi connectivity index (χ0) is 19.5. The van der Waals surface area contributed by atoms with E-state index < -0.39 is 0 Å². The Labute approximate surface area is 208 Å². The molecule has 0 radical (unpaired) electrons. The molecule has 4 nitrogen and oxygen atoms in total. The highest BCUT2D eigenvalue weighted by molar-refractivity contribution is 9.11. The molecule has 2 aliphatic heterocycles. The summed E-state index contributed by atoms with van der Waals surface area (Å²) in [5.74, 6) is 0.994. The largest absolute Gasteiger partial charge is 0.490 e. The first kappa shape index (κ1) is 25.9. The van der Waals surface area contributed by atoms with Gasteiger partial charge in [0.05, 0.1) is 12.6 Å². The molecule has 0 saturated carbocycles. The van der Waals surface area contributed by atoms with Crippen LogP contribution in [0.15, 0.2) is 51.4 Å². The number of hydrogen-bond acceptors (Lipinski definition) is 4. The number of hydrogen-bond donors (Lipinski definition) is 1. The molecule has 4 rings (SSSR count). The lowest BCUT2D eigenvalue weighted by molar-refractivity contribution is -0.0645. The Morgan fingerprint density at radius 2 is 1.73 bits per heavy atom. The molecule has 8 heteroatoms. The average Bonchev–Trinajstić information content (AvgIpc) is 2.71. The van der Waals surface area contributed by atoms with Gasteiger partial charge in [-0.15, -0.1) is 24.8 Å². The van der Waals surface area contributed by atoms with Gasteiger partial charge in [0.25, 0.3) is 0 Å². The number of benzene rings is 2. The molecule has 0 aromatic heterocycles. The van der Waals surface area contributed by atoms with Crippen LogP contribution in [0.25, 0.3) is 0 Å². The summed E-state index contributed by atoms with van der Waals surface area (Å²) in [5.41, 5.74) is 2.39. The maximum atomic E-state index is 6.43. The van der Waals surface area contributed by atoms with E-state index in [9.17, 15) is 0 Å². The Morgan fingerprint density at radius 3 is 2.40 bits per heavy atom. The van der Waals surface area contributed by atoms with Gasteiger partial charge in [0.1, 0.15) is 18.5 Å². The van der Waals surface area contributed by atoms with Crippen LogP contribution < -0.4 is 10.1 Å². The van der Waals surface area contributed by atoms with Gasteiger partial charge in [-0.05, 0) is 49.7 Å². The third kappa shape index (κ3) is 6.12. The number of ether oxygens (including phenoxy) is 2. The van der Waals surface area contributed by atoms with E-state index in [1.165, 1.54) is 18.4 Å². The Kier molecular flexibility index (Phi) is 10.4. The molecule has 0 aliphatic carbocycles. The molecule has 1 N–H and O–H groups in total. The number of rotatable bonds is 5. The molecule has 166 valence electrons. The number of nitrogens with one attached hydrogen (secondary N) is 1. The van der Waals surface area contributed by atoms with E-state index in [2.05, 4.69) is 79.5 Å². The summed E-state index contributed by atoms with van der Waals surface area (Å²) in [7, 11) is 2.06. The minimum absolute atomic E-state index is 0. The Bertz CT molecular complexity index is 799. The first-order valence-electron chi connectivity index (χ1n) is 9.83. The van der Waals surface area contributed by atoms with Crippen LogP contribution in [0.2, 0.25) is 0 Å². The maximum Gasteiger partial charge on any atom is 0.124 e. The molecule has 2 aromatic rings. The van der Waals surface area contributed by atoms with E-state index in [0.29, 0.717) is 19.3 Å². The molecule has 0 amide bonds. The van der Waals surface area contributed by atoms with Gasteiger partial charge in [-0.1, -0.05) is 50.1 Å². The second-order valence-electron chi connectivity index (χ2n) is 7.52. The predicted molar refractivity (Wildman–Crippen MR) is 133 cm³/mol. The lowest BCUT2D eigenvalue weighted by Gasteiger charge is -2.43. The summed E-state index contributed by atoms with van der Waals surface area (Å²) in [6.45, 7) is 3.31. The third-order valence-electron chi connectivity index (χ3n) is 5.71. The molecule has 0 bridgehead atoms. The monoisotopic (exact) mass is 580 g/mol. The molecule has 1 saturated heterocycles. The minimum atomic E-state index is 0. The van der Waals surface area contributed by atoms with Crippen LogP contribution in [0.1, 0.15) is 30.0 Å². The van der Waals surface area contributed by atoms with Crippen molar-refractivity contribution in [2.75, 3.05) is 26.7 Å². The molecular weight excluding hydrogens is 555 g/mol. The fourth-order valence-electron chi connectivity index (χ4n) is 4.25. The highest BCUT2D eigenvalue weighted by Gasteiger charge is 2.37. The van der Waals surface area contributed by atoms with Crippen molar-refractivity contribution < 1.29 is 9.47 Å². The molecule has 30 heavy (non-hydrogen) atoms. The first-order chi connectivity index (χ1) is 13.6. The lowest BCUT2D eigenvalue weighted by atomic mass is 9.93.